The van der Waals surface area contributed by atoms with Gasteiger partial charge in [0.1, 0.15) is 6.29 Å². The third-order valence-corrected chi connectivity index (χ3v) is 1.63. The molecular formula is C9H8F3N3O. The fourth-order valence-electron chi connectivity index (χ4n) is 1.00. The summed E-state index contributed by atoms with van der Waals surface area (Å²) >= 11 is 0. The van der Waals surface area contributed by atoms with Gasteiger partial charge in [0.2, 0.25) is 5.95 Å². The van der Waals surface area contributed by atoms with Crippen LogP contribution >= 0.6 is 0 Å². The van der Waals surface area contributed by atoms with E-state index in [0.717, 1.165) is 12.3 Å². The molecule has 0 aliphatic rings. The van der Waals surface area contributed by atoms with Crippen molar-refractivity contribution in [3.05, 3.63) is 23.5 Å². The predicted molar refractivity (Wildman–Crippen MR) is 51.2 cm³/mol. The second-order valence-electron chi connectivity index (χ2n) is 2.83. The van der Waals surface area contributed by atoms with Gasteiger partial charge in [0.05, 0.1) is 0 Å². The number of hydrogen-bond acceptors (Lipinski definition) is 4. The van der Waals surface area contributed by atoms with Crippen LogP contribution < -0.4 is 5.73 Å². The number of halogens is 3. The highest BCUT2D eigenvalue weighted by Crippen LogP contribution is 2.30. The van der Waals surface area contributed by atoms with Crippen LogP contribution in [0.4, 0.5) is 19.1 Å². The summed E-state index contributed by atoms with van der Waals surface area (Å²) in [7, 11) is 0. The zero-order chi connectivity index (χ0) is 12.2. The van der Waals surface area contributed by atoms with Gasteiger partial charge in [0.25, 0.3) is 0 Å². The Kier molecular flexibility index (Phi) is 3.60. The Balaban J connectivity index is 3.13. The maximum absolute atomic E-state index is 12.5. The molecule has 1 heterocycles. The van der Waals surface area contributed by atoms with Gasteiger partial charge in [-0.1, -0.05) is 12.2 Å². The van der Waals surface area contributed by atoms with Gasteiger partial charge in [-0.25, -0.2) is 9.97 Å². The van der Waals surface area contributed by atoms with Gasteiger partial charge in [-0.2, -0.15) is 13.2 Å². The van der Waals surface area contributed by atoms with Crippen molar-refractivity contribution in [2.75, 3.05) is 5.73 Å². The monoisotopic (exact) mass is 231 g/mol. The van der Waals surface area contributed by atoms with Crippen LogP contribution in [0.15, 0.2) is 12.3 Å². The minimum Gasteiger partial charge on any atom is -0.368 e. The van der Waals surface area contributed by atoms with Crippen molar-refractivity contribution in [2.45, 2.75) is 12.6 Å². The van der Waals surface area contributed by atoms with Crippen molar-refractivity contribution >= 4 is 18.3 Å². The second kappa shape index (κ2) is 4.73. The highest BCUT2D eigenvalue weighted by Gasteiger charge is 2.35. The molecule has 0 unspecified atom stereocenters. The average molecular weight is 231 g/mol. The lowest BCUT2D eigenvalue weighted by atomic mass is 10.2. The zero-order valence-electron chi connectivity index (χ0n) is 8.03. The van der Waals surface area contributed by atoms with E-state index in [1.807, 2.05) is 0 Å². The van der Waals surface area contributed by atoms with E-state index in [1.54, 1.807) is 0 Å². The van der Waals surface area contributed by atoms with Crippen molar-refractivity contribution in [1.29, 1.82) is 0 Å². The first kappa shape index (κ1) is 12.2. The lowest BCUT2D eigenvalue weighted by Crippen LogP contribution is -2.12. The maximum atomic E-state index is 12.5. The summed E-state index contributed by atoms with van der Waals surface area (Å²) in [5, 5.41) is 0. The smallest absolute Gasteiger partial charge is 0.368 e. The lowest BCUT2D eigenvalue weighted by molar-refractivity contribution is -0.141. The van der Waals surface area contributed by atoms with Crippen LogP contribution in [0, 0.1) is 0 Å². The van der Waals surface area contributed by atoms with E-state index in [9.17, 15) is 18.0 Å². The Morgan fingerprint density at radius 2 is 2.12 bits per heavy atom. The highest BCUT2D eigenvalue weighted by atomic mass is 19.4. The van der Waals surface area contributed by atoms with Gasteiger partial charge in [0.15, 0.2) is 5.69 Å². The molecule has 7 heteroatoms. The molecule has 16 heavy (non-hydrogen) atoms. The molecule has 0 radical (unpaired) electrons. The molecule has 0 spiro atoms. The third kappa shape index (κ3) is 3.04. The first-order valence-electron chi connectivity index (χ1n) is 4.25. The number of anilines is 1. The zero-order valence-corrected chi connectivity index (χ0v) is 8.03. The van der Waals surface area contributed by atoms with Crippen LogP contribution in [0.1, 0.15) is 17.7 Å². The fraction of sp³-hybridized carbons (Fsp3) is 0.222. The second-order valence-corrected chi connectivity index (χ2v) is 2.83. The van der Waals surface area contributed by atoms with Gasteiger partial charge in [-0.05, 0) is 0 Å². The van der Waals surface area contributed by atoms with Gasteiger partial charge in [-0.15, -0.1) is 0 Å². The van der Waals surface area contributed by atoms with Crippen LogP contribution in [0.25, 0.3) is 6.08 Å². The summed E-state index contributed by atoms with van der Waals surface area (Å²) in [5.74, 6) is -0.445. The van der Waals surface area contributed by atoms with Gasteiger partial charge in [0, 0.05) is 18.2 Å². The molecule has 0 saturated heterocycles. The summed E-state index contributed by atoms with van der Waals surface area (Å²) in [6.07, 6.45) is -0.609. The Hall–Kier alpha value is -1.92. The van der Waals surface area contributed by atoms with Gasteiger partial charge < -0.3 is 10.5 Å². The number of hydrogen-bond donors (Lipinski definition) is 1. The average Bonchev–Trinajstić information content (AvgIpc) is 2.19. The van der Waals surface area contributed by atoms with E-state index in [1.165, 1.54) is 6.08 Å². The SMILES string of the molecule is Nc1ncc(C=CCC=O)c(C(F)(F)F)n1. The van der Waals surface area contributed by atoms with Crippen molar-refractivity contribution < 1.29 is 18.0 Å². The van der Waals surface area contributed by atoms with Crippen molar-refractivity contribution in [3.63, 3.8) is 0 Å². The molecule has 0 bridgehead atoms. The molecule has 0 aromatic carbocycles. The Bertz CT molecular complexity index is 415. The molecule has 0 fully saturated rings. The predicted octanol–water partition coefficient (Wildman–Crippen LogP) is 1.68. The molecule has 86 valence electrons. The quantitative estimate of drug-likeness (QED) is 0.803. The third-order valence-electron chi connectivity index (χ3n) is 1.63. The fourth-order valence-corrected chi connectivity index (χ4v) is 1.00. The first-order valence-corrected chi connectivity index (χ1v) is 4.25. The number of nitrogens with zero attached hydrogens (tertiary/aromatic N) is 2. The standard InChI is InChI=1S/C9H8F3N3O/c10-9(11,12)7-6(3-1-2-4-16)5-14-8(13)15-7/h1,3-5H,2H2,(H2,13,14,15). The molecule has 1 aromatic heterocycles. The molecule has 1 aromatic rings. The molecule has 0 saturated carbocycles. The van der Waals surface area contributed by atoms with E-state index in [2.05, 4.69) is 9.97 Å². The van der Waals surface area contributed by atoms with Crippen LogP contribution in [0.3, 0.4) is 0 Å². The minimum atomic E-state index is -4.60. The minimum absolute atomic E-state index is 0.0294. The molecule has 0 aliphatic carbocycles. The summed E-state index contributed by atoms with van der Waals surface area (Å²) in [4.78, 5) is 16.6. The Morgan fingerprint density at radius 1 is 1.44 bits per heavy atom. The van der Waals surface area contributed by atoms with Crippen LogP contribution in [-0.2, 0) is 11.0 Å². The Morgan fingerprint density at radius 3 is 2.69 bits per heavy atom. The molecular weight excluding hydrogens is 223 g/mol. The largest absolute Gasteiger partial charge is 0.434 e. The number of nitrogen functional groups attached to an aromatic ring is 1. The van der Waals surface area contributed by atoms with Crippen LogP contribution in [0.2, 0.25) is 0 Å². The van der Waals surface area contributed by atoms with Crippen LogP contribution in [-0.4, -0.2) is 16.3 Å². The van der Waals surface area contributed by atoms with E-state index in [4.69, 9.17) is 5.73 Å². The number of carbonyl (C=O) groups is 1. The van der Waals surface area contributed by atoms with E-state index in [0.29, 0.717) is 6.29 Å². The number of rotatable bonds is 3. The van der Waals surface area contributed by atoms with E-state index < -0.39 is 17.8 Å². The van der Waals surface area contributed by atoms with Crippen molar-refractivity contribution in [1.82, 2.24) is 9.97 Å². The van der Waals surface area contributed by atoms with E-state index >= 15 is 0 Å². The summed E-state index contributed by atoms with van der Waals surface area (Å²) in [6, 6.07) is 0. The van der Waals surface area contributed by atoms with Crippen molar-refractivity contribution in [3.8, 4) is 0 Å². The normalized spacial score (nSPS) is 11.9. The number of allylic oxidation sites excluding steroid dienone is 1. The lowest BCUT2D eigenvalue weighted by Gasteiger charge is -2.08. The number of alkyl halides is 3. The van der Waals surface area contributed by atoms with Crippen LogP contribution in [0.5, 0.6) is 0 Å². The topological polar surface area (TPSA) is 68.9 Å². The van der Waals surface area contributed by atoms with Crippen molar-refractivity contribution in [2.24, 2.45) is 0 Å². The number of carbonyl (C=O) groups excluding carboxylic acids is 1. The van der Waals surface area contributed by atoms with Gasteiger partial charge in [-0.3, -0.25) is 0 Å². The number of aromatic nitrogens is 2. The maximum Gasteiger partial charge on any atom is 0.434 e. The Labute approximate surface area is 89.0 Å². The molecule has 1 rings (SSSR count). The molecule has 0 amide bonds. The van der Waals surface area contributed by atoms with Gasteiger partial charge >= 0.3 is 6.18 Å². The highest BCUT2D eigenvalue weighted by molar-refractivity contribution is 5.59. The number of aldehydes is 1. The molecule has 2 N–H and O–H groups in total. The summed E-state index contributed by atoms with van der Waals surface area (Å²) in [6.45, 7) is 0. The molecule has 4 nitrogen and oxygen atoms in total. The molecule has 0 aliphatic heterocycles. The molecule has 0 atom stereocenters. The summed E-state index contributed by atoms with van der Waals surface area (Å²) < 4.78 is 37.5. The van der Waals surface area contributed by atoms with E-state index in [-0.39, 0.29) is 12.0 Å². The number of nitrogens with two attached hydrogens (primary N) is 1. The first-order chi connectivity index (χ1) is 7.45. The summed E-state index contributed by atoms with van der Waals surface area (Å²) in [5.41, 5.74) is 3.75.